The SMILES string of the molecule is COc1ccc(CNC(C)C2CCC2)cc1[N+](=O)[O-]. The third kappa shape index (κ3) is 3.23. The molecule has 0 heterocycles. The van der Waals surface area contributed by atoms with E-state index in [1.54, 1.807) is 12.1 Å². The summed E-state index contributed by atoms with van der Waals surface area (Å²) in [4.78, 5) is 10.5. The lowest BCUT2D eigenvalue weighted by Crippen LogP contribution is -2.36. The molecule has 0 bridgehead atoms. The third-order valence-corrected chi connectivity index (χ3v) is 3.93. The Labute approximate surface area is 113 Å². The minimum absolute atomic E-state index is 0.0260. The highest BCUT2D eigenvalue weighted by Gasteiger charge is 2.23. The van der Waals surface area contributed by atoms with Crippen molar-refractivity contribution in [3.05, 3.63) is 33.9 Å². The van der Waals surface area contributed by atoms with Crippen molar-refractivity contribution in [2.45, 2.75) is 38.8 Å². The smallest absolute Gasteiger partial charge is 0.311 e. The molecule has 1 N–H and O–H groups in total. The van der Waals surface area contributed by atoms with Crippen molar-refractivity contribution < 1.29 is 9.66 Å². The molecule has 0 saturated heterocycles. The first kappa shape index (κ1) is 13.8. The first-order chi connectivity index (χ1) is 9.11. The number of nitro benzene ring substituents is 1. The molecule has 1 unspecified atom stereocenters. The number of nitrogens with one attached hydrogen (secondary N) is 1. The van der Waals surface area contributed by atoms with Crippen LogP contribution in [0.5, 0.6) is 5.75 Å². The van der Waals surface area contributed by atoms with Crippen molar-refractivity contribution in [1.82, 2.24) is 5.32 Å². The summed E-state index contributed by atoms with van der Waals surface area (Å²) in [6.45, 7) is 2.84. The molecule has 1 saturated carbocycles. The van der Waals surface area contributed by atoms with Crippen LogP contribution in [0.25, 0.3) is 0 Å². The summed E-state index contributed by atoms with van der Waals surface area (Å²) in [5.74, 6) is 1.06. The van der Waals surface area contributed by atoms with Crippen molar-refractivity contribution in [3.63, 3.8) is 0 Å². The average Bonchev–Trinajstić information content (AvgIpc) is 2.33. The van der Waals surface area contributed by atoms with Gasteiger partial charge in [-0.15, -0.1) is 0 Å². The van der Waals surface area contributed by atoms with E-state index < -0.39 is 4.92 Å². The van der Waals surface area contributed by atoms with E-state index in [0.717, 1.165) is 11.5 Å². The van der Waals surface area contributed by atoms with Gasteiger partial charge >= 0.3 is 5.69 Å². The van der Waals surface area contributed by atoms with Crippen LogP contribution in [0.3, 0.4) is 0 Å². The first-order valence-electron chi connectivity index (χ1n) is 6.66. The molecule has 1 aliphatic carbocycles. The van der Waals surface area contributed by atoms with E-state index in [4.69, 9.17) is 4.74 Å². The lowest BCUT2D eigenvalue weighted by molar-refractivity contribution is -0.385. The lowest BCUT2D eigenvalue weighted by Gasteiger charge is -2.32. The predicted molar refractivity (Wildman–Crippen MR) is 73.3 cm³/mol. The van der Waals surface area contributed by atoms with Crippen molar-refractivity contribution in [2.24, 2.45) is 5.92 Å². The Bertz CT molecular complexity index is 458. The second-order valence-electron chi connectivity index (χ2n) is 5.12. The minimum Gasteiger partial charge on any atom is -0.490 e. The molecule has 2 rings (SSSR count). The van der Waals surface area contributed by atoms with Crippen molar-refractivity contribution in [1.29, 1.82) is 0 Å². The molecule has 1 atom stereocenters. The largest absolute Gasteiger partial charge is 0.490 e. The number of methoxy groups -OCH3 is 1. The Morgan fingerprint density at radius 3 is 2.79 bits per heavy atom. The fraction of sp³-hybridized carbons (Fsp3) is 0.571. The summed E-state index contributed by atoms with van der Waals surface area (Å²) in [5.41, 5.74) is 0.941. The summed E-state index contributed by atoms with van der Waals surface area (Å²) in [6, 6.07) is 5.57. The summed E-state index contributed by atoms with van der Waals surface area (Å²) in [6.07, 6.45) is 3.90. The van der Waals surface area contributed by atoms with Crippen LogP contribution in [0.15, 0.2) is 18.2 Å². The second kappa shape index (κ2) is 6.02. The second-order valence-corrected chi connectivity index (χ2v) is 5.12. The first-order valence-corrected chi connectivity index (χ1v) is 6.66. The Kier molecular flexibility index (Phi) is 4.37. The predicted octanol–water partition coefficient (Wildman–Crippen LogP) is 2.88. The maximum absolute atomic E-state index is 10.9. The van der Waals surface area contributed by atoms with E-state index in [0.29, 0.717) is 18.3 Å². The summed E-state index contributed by atoms with van der Waals surface area (Å²) in [5, 5.41) is 14.4. The van der Waals surface area contributed by atoms with E-state index in [1.807, 2.05) is 6.07 Å². The maximum atomic E-state index is 10.9. The highest BCUT2D eigenvalue weighted by Crippen LogP contribution is 2.30. The third-order valence-electron chi connectivity index (χ3n) is 3.93. The van der Waals surface area contributed by atoms with Gasteiger partial charge in [-0.25, -0.2) is 0 Å². The molecule has 5 nitrogen and oxygen atoms in total. The van der Waals surface area contributed by atoms with Crippen LogP contribution in [0, 0.1) is 16.0 Å². The van der Waals surface area contributed by atoms with E-state index in [1.165, 1.54) is 26.4 Å². The van der Waals surface area contributed by atoms with Crippen LogP contribution in [0.1, 0.15) is 31.7 Å². The molecule has 0 radical (unpaired) electrons. The number of hydrogen-bond acceptors (Lipinski definition) is 4. The number of hydrogen-bond donors (Lipinski definition) is 1. The molecule has 1 aromatic carbocycles. The van der Waals surface area contributed by atoms with Crippen molar-refractivity contribution in [2.75, 3.05) is 7.11 Å². The van der Waals surface area contributed by atoms with Gasteiger partial charge in [0.05, 0.1) is 12.0 Å². The van der Waals surface area contributed by atoms with E-state index in [9.17, 15) is 10.1 Å². The van der Waals surface area contributed by atoms with Gasteiger partial charge in [0.15, 0.2) is 5.75 Å². The summed E-state index contributed by atoms with van der Waals surface area (Å²) < 4.78 is 4.99. The van der Waals surface area contributed by atoms with Crippen molar-refractivity contribution in [3.8, 4) is 5.75 Å². The average molecular weight is 264 g/mol. The molecule has 1 aromatic rings. The van der Waals surface area contributed by atoms with Crippen LogP contribution in [-0.2, 0) is 6.54 Å². The zero-order valence-corrected chi connectivity index (χ0v) is 11.4. The van der Waals surface area contributed by atoms with Gasteiger partial charge in [-0.1, -0.05) is 12.5 Å². The van der Waals surface area contributed by atoms with Gasteiger partial charge in [0.1, 0.15) is 0 Å². The van der Waals surface area contributed by atoms with Crippen molar-refractivity contribution >= 4 is 5.69 Å². The molecule has 0 spiro atoms. The zero-order chi connectivity index (χ0) is 13.8. The Balaban J connectivity index is 2.00. The van der Waals surface area contributed by atoms with Gasteiger partial charge in [-0.2, -0.15) is 0 Å². The van der Waals surface area contributed by atoms with E-state index in [2.05, 4.69) is 12.2 Å². The van der Waals surface area contributed by atoms with Crippen LogP contribution in [-0.4, -0.2) is 18.1 Å². The standard InChI is InChI=1S/C14H20N2O3/c1-10(12-4-3-5-12)15-9-11-6-7-14(19-2)13(8-11)16(17)18/h6-8,10,12,15H,3-5,9H2,1-2H3. The van der Waals surface area contributed by atoms with Gasteiger partial charge in [-0.05, 0) is 37.3 Å². The quantitative estimate of drug-likeness (QED) is 0.634. The van der Waals surface area contributed by atoms with E-state index >= 15 is 0 Å². The molecule has 1 aliphatic rings. The molecular weight excluding hydrogens is 244 g/mol. The highest BCUT2D eigenvalue weighted by atomic mass is 16.6. The molecule has 104 valence electrons. The Morgan fingerprint density at radius 1 is 1.53 bits per heavy atom. The minimum atomic E-state index is -0.405. The molecule has 0 aliphatic heterocycles. The fourth-order valence-electron chi connectivity index (χ4n) is 2.37. The lowest BCUT2D eigenvalue weighted by atomic mass is 9.80. The van der Waals surface area contributed by atoms with Crippen LogP contribution in [0.2, 0.25) is 0 Å². The number of benzene rings is 1. The number of nitro groups is 1. The Hall–Kier alpha value is -1.62. The van der Waals surface area contributed by atoms with Gasteiger partial charge in [0, 0.05) is 18.7 Å². The van der Waals surface area contributed by atoms with Gasteiger partial charge < -0.3 is 10.1 Å². The summed E-state index contributed by atoms with van der Waals surface area (Å²) >= 11 is 0. The molecule has 0 aromatic heterocycles. The number of ether oxygens (including phenoxy) is 1. The highest BCUT2D eigenvalue weighted by molar-refractivity contribution is 5.48. The molecule has 0 amide bonds. The maximum Gasteiger partial charge on any atom is 0.311 e. The zero-order valence-electron chi connectivity index (χ0n) is 11.4. The Morgan fingerprint density at radius 2 is 2.26 bits per heavy atom. The van der Waals surface area contributed by atoms with Gasteiger partial charge in [-0.3, -0.25) is 10.1 Å². The normalized spacial score (nSPS) is 16.7. The monoisotopic (exact) mass is 264 g/mol. The van der Waals surface area contributed by atoms with Gasteiger partial charge in [0.25, 0.3) is 0 Å². The fourth-order valence-corrected chi connectivity index (χ4v) is 2.37. The van der Waals surface area contributed by atoms with Crippen LogP contribution >= 0.6 is 0 Å². The number of rotatable bonds is 6. The topological polar surface area (TPSA) is 64.4 Å². The number of nitrogens with zero attached hydrogens (tertiary/aromatic N) is 1. The van der Waals surface area contributed by atoms with Crippen LogP contribution in [0.4, 0.5) is 5.69 Å². The molecule has 19 heavy (non-hydrogen) atoms. The van der Waals surface area contributed by atoms with Crippen LogP contribution < -0.4 is 10.1 Å². The van der Waals surface area contributed by atoms with Gasteiger partial charge in [0.2, 0.25) is 0 Å². The molecular formula is C14H20N2O3. The molecule has 1 fully saturated rings. The summed E-state index contributed by atoms with van der Waals surface area (Å²) in [7, 11) is 1.44. The molecule has 5 heteroatoms. The van der Waals surface area contributed by atoms with E-state index in [-0.39, 0.29) is 5.69 Å².